The zero-order valence-electron chi connectivity index (χ0n) is 13.4. The molecule has 0 aliphatic carbocycles. The molecule has 2 aromatic rings. The topological polar surface area (TPSA) is 47.3 Å². The van der Waals surface area contributed by atoms with Crippen LogP contribution in [0.3, 0.4) is 0 Å². The van der Waals surface area contributed by atoms with Crippen LogP contribution in [0.4, 0.5) is 0 Å². The second-order valence-corrected chi connectivity index (χ2v) is 7.56. The average molecular weight is 367 g/mol. The number of ether oxygens (including phenoxy) is 1. The maximum absolute atomic E-state index is 9.72. The summed E-state index contributed by atoms with van der Waals surface area (Å²) in [6, 6.07) is 2.16. The first-order valence-corrected chi connectivity index (χ1v) is 8.64. The summed E-state index contributed by atoms with van der Waals surface area (Å²) in [4.78, 5) is 0. The first-order chi connectivity index (χ1) is 10.5. The molecule has 5 heteroatoms. The van der Waals surface area contributed by atoms with Crippen molar-refractivity contribution in [3.8, 4) is 0 Å². The van der Waals surface area contributed by atoms with Crippen LogP contribution in [0.25, 0.3) is 10.9 Å². The van der Waals surface area contributed by atoms with Crippen molar-refractivity contribution in [1.82, 2.24) is 9.78 Å². The number of aliphatic hydroxyl groups excluding tert-OH is 1. The molecule has 1 unspecified atom stereocenters. The van der Waals surface area contributed by atoms with Crippen molar-refractivity contribution < 1.29 is 9.84 Å². The average Bonchev–Trinajstić information content (AvgIpc) is 2.92. The zero-order valence-corrected chi connectivity index (χ0v) is 15.0. The third kappa shape index (κ3) is 2.59. The lowest BCUT2D eigenvalue weighted by Gasteiger charge is -2.27. The SMILES string of the molecule is Cc1cc2c(cnn2C2CCCCO2)c(Br)c1C(C)(C)CO. The predicted molar refractivity (Wildman–Crippen MR) is 91.1 cm³/mol. The van der Waals surface area contributed by atoms with E-state index < -0.39 is 0 Å². The molecular formula is C17H23BrN2O2. The maximum Gasteiger partial charge on any atom is 0.150 e. The molecular weight excluding hydrogens is 344 g/mol. The fourth-order valence-corrected chi connectivity index (χ4v) is 4.48. The Balaban J connectivity index is 2.14. The van der Waals surface area contributed by atoms with Crippen LogP contribution in [-0.2, 0) is 10.2 Å². The van der Waals surface area contributed by atoms with Gasteiger partial charge in [0, 0.05) is 21.9 Å². The van der Waals surface area contributed by atoms with Gasteiger partial charge < -0.3 is 9.84 Å². The molecule has 1 aliphatic heterocycles. The van der Waals surface area contributed by atoms with E-state index >= 15 is 0 Å². The molecule has 22 heavy (non-hydrogen) atoms. The van der Waals surface area contributed by atoms with E-state index in [9.17, 15) is 5.11 Å². The molecule has 3 rings (SSSR count). The number of aliphatic hydroxyl groups is 1. The summed E-state index contributed by atoms with van der Waals surface area (Å²) in [5, 5.41) is 15.4. The third-order valence-electron chi connectivity index (χ3n) is 4.54. The standard InChI is InChI=1S/C17H23BrN2O2/c1-11-8-13-12(16(18)15(11)17(2,3)10-21)9-19-20(13)14-6-4-5-7-22-14/h8-9,14,21H,4-7,10H2,1-3H3. The van der Waals surface area contributed by atoms with Crippen molar-refractivity contribution in [1.29, 1.82) is 0 Å². The Bertz CT molecular complexity index is 688. The van der Waals surface area contributed by atoms with Crippen molar-refractivity contribution in [2.75, 3.05) is 13.2 Å². The highest BCUT2D eigenvalue weighted by atomic mass is 79.9. The second kappa shape index (κ2) is 5.95. The van der Waals surface area contributed by atoms with Crippen LogP contribution in [0.5, 0.6) is 0 Å². The van der Waals surface area contributed by atoms with Gasteiger partial charge in [-0.15, -0.1) is 0 Å². The number of hydrogen-bond acceptors (Lipinski definition) is 3. The monoisotopic (exact) mass is 366 g/mol. The number of hydrogen-bond donors (Lipinski definition) is 1. The smallest absolute Gasteiger partial charge is 0.150 e. The molecule has 1 aromatic heterocycles. The van der Waals surface area contributed by atoms with Crippen molar-refractivity contribution in [2.45, 2.75) is 51.7 Å². The normalized spacial score (nSPS) is 19.8. The summed E-state index contributed by atoms with van der Waals surface area (Å²) in [7, 11) is 0. The summed E-state index contributed by atoms with van der Waals surface area (Å²) in [6.45, 7) is 7.12. The van der Waals surface area contributed by atoms with E-state index in [4.69, 9.17) is 4.74 Å². The molecule has 0 spiro atoms. The van der Waals surface area contributed by atoms with Gasteiger partial charge in [-0.05, 0) is 59.3 Å². The molecule has 4 nitrogen and oxygen atoms in total. The number of rotatable bonds is 3. The first-order valence-electron chi connectivity index (χ1n) is 7.85. The number of nitrogens with zero attached hydrogens (tertiary/aromatic N) is 2. The number of benzene rings is 1. The highest BCUT2D eigenvalue weighted by molar-refractivity contribution is 9.10. The maximum atomic E-state index is 9.72. The molecule has 1 N–H and O–H groups in total. The highest BCUT2D eigenvalue weighted by Gasteiger charge is 2.27. The summed E-state index contributed by atoms with van der Waals surface area (Å²) in [6.07, 6.45) is 5.26. The third-order valence-corrected chi connectivity index (χ3v) is 5.36. The molecule has 1 atom stereocenters. The van der Waals surface area contributed by atoms with E-state index in [0.29, 0.717) is 0 Å². The lowest BCUT2D eigenvalue weighted by Crippen LogP contribution is -2.24. The van der Waals surface area contributed by atoms with Gasteiger partial charge in [0.2, 0.25) is 0 Å². The van der Waals surface area contributed by atoms with Crippen molar-refractivity contribution in [3.63, 3.8) is 0 Å². The number of fused-ring (bicyclic) bond motifs is 1. The molecule has 1 fully saturated rings. The molecule has 1 aliphatic rings. The molecule has 0 radical (unpaired) electrons. The molecule has 120 valence electrons. The summed E-state index contributed by atoms with van der Waals surface area (Å²) >= 11 is 3.74. The second-order valence-electron chi connectivity index (χ2n) is 6.77. The Kier molecular flexibility index (Phi) is 4.32. The molecule has 0 bridgehead atoms. The fraction of sp³-hybridized carbons (Fsp3) is 0.588. The van der Waals surface area contributed by atoms with E-state index in [0.717, 1.165) is 46.0 Å². The minimum Gasteiger partial charge on any atom is -0.395 e. The van der Waals surface area contributed by atoms with Gasteiger partial charge in [-0.25, -0.2) is 4.68 Å². The van der Waals surface area contributed by atoms with Gasteiger partial charge in [-0.2, -0.15) is 5.10 Å². The Morgan fingerprint density at radius 1 is 1.45 bits per heavy atom. The van der Waals surface area contributed by atoms with Gasteiger partial charge in [0.05, 0.1) is 18.3 Å². The van der Waals surface area contributed by atoms with Crippen LogP contribution in [0.1, 0.15) is 50.5 Å². The first kappa shape index (κ1) is 16.0. The van der Waals surface area contributed by atoms with Crippen LogP contribution < -0.4 is 0 Å². The lowest BCUT2D eigenvalue weighted by atomic mass is 9.82. The quantitative estimate of drug-likeness (QED) is 0.890. The van der Waals surface area contributed by atoms with Crippen molar-refractivity contribution >= 4 is 26.8 Å². The van der Waals surface area contributed by atoms with Crippen LogP contribution in [0.2, 0.25) is 0 Å². The van der Waals surface area contributed by atoms with Crippen molar-refractivity contribution in [2.24, 2.45) is 0 Å². The van der Waals surface area contributed by atoms with E-state index in [1.807, 2.05) is 10.9 Å². The highest BCUT2D eigenvalue weighted by Crippen LogP contribution is 2.39. The Labute approximate surface area is 139 Å². The lowest BCUT2D eigenvalue weighted by molar-refractivity contribution is -0.0366. The number of halogens is 1. The van der Waals surface area contributed by atoms with Crippen LogP contribution in [-0.4, -0.2) is 28.1 Å². The molecule has 1 aromatic carbocycles. The van der Waals surface area contributed by atoms with Gasteiger partial charge in [0.1, 0.15) is 0 Å². The van der Waals surface area contributed by atoms with E-state index in [2.05, 4.69) is 47.9 Å². The van der Waals surface area contributed by atoms with E-state index in [1.165, 1.54) is 6.42 Å². The predicted octanol–water partition coefficient (Wildman–Crippen LogP) is 4.08. The summed E-state index contributed by atoms with van der Waals surface area (Å²) in [5.74, 6) is 0. The number of aryl methyl sites for hydroxylation is 1. The number of aromatic nitrogens is 2. The van der Waals surface area contributed by atoms with Gasteiger partial charge >= 0.3 is 0 Å². The molecule has 2 heterocycles. The van der Waals surface area contributed by atoms with Gasteiger partial charge in [-0.3, -0.25) is 0 Å². The Morgan fingerprint density at radius 3 is 2.86 bits per heavy atom. The van der Waals surface area contributed by atoms with E-state index in [-0.39, 0.29) is 18.2 Å². The molecule has 0 saturated carbocycles. The fourth-order valence-electron chi connectivity index (χ4n) is 3.33. The Hall–Kier alpha value is -0.910. The van der Waals surface area contributed by atoms with Crippen LogP contribution in [0.15, 0.2) is 16.7 Å². The largest absolute Gasteiger partial charge is 0.395 e. The minimum atomic E-state index is -0.291. The van der Waals surface area contributed by atoms with Crippen molar-refractivity contribution in [3.05, 3.63) is 27.9 Å². The molecule has 1 saturated heterocycles. The molecule has 0 amide bonds. The van der Waals surface area contributed by atoms with Crippen LogP contribution in [0, 0.1) is 6.92 Å². The van der Waals surface area contributed by atoms with Gasteiger partial charge in [0.15, 0.2) is 6.23 Å². The Morgan fingerprint density at radius 2 is 2.23 bits per heavy atom. The van der Waals surface area contributed by atoms with E-state index in [1.54, 1.807) is 0 Å². The minimum absolute atomic E-state index is 0.0363. The van der Waals surface area contributed by atoms with Crippen LogP contribution >= 0.6 is 15.9 Å². The van der Waals surface area contributed by atoms with Gasteiger partial charge in [0.25, 0.3) is 0 Å². The summed E-state index contributed by atoms with van der Waals surface area (Å²) < 4.78 is 8.91. The summed E-state index contributed by atoms with van der Waals surface area (Å²) in [5.41, 5.74) is 3.11. The van der Waals surface area contributed by atoms with Gasteiger partial charge in [-0.1, -0.05) is 13.8 Å². The zero-order chi connectivity index (χ0) is 15.9.